The number of hydrogen-bond donors (Lipinski definition) is 8. The molecule has 3 amide bonds. The first-order valence-corrected chi connectivity index (χ1v) is 11.0. The maximum Gasteiger partial charge on any atom is 0.327 e. The average Bonchev–Trinajstić information content (AvgIpc) is 3.31. The number of nitrogens with two attached hydrogens (primary N) is 1. The van der Waals surface area contributed by atoms with Crippen LogP contribution in [0.2, 0.25) is 0 Å². The number of thiol groups is 1. The Labute approximate surface area is 201 Å². The first kappa shape index (κ1) is 26.7. The Balaban J connectivity index is 2.00. The molecule has 0 bridgehead atoms. The third-order valence-electron chi connectivity index (χ3n) is 4.89. The third kappa shape index (κ3) is 8.08. The van der Waals surface area contributed by atoms with Gasteiger partial charge < -0.3 is 36.9 Å². The smallest absolute Gasteiger partial charge is 0.327 e. The van der Waals surface area contributed by atoms with Gasteiger partial charge in [0.05, 0.1) is 12.4 Å². The standard InChI is InChI=1S/C21H28N6O6S/c1-11(25-19(30)15(22)6-12-2-4-14(28)5-3-12)18(29)26-16(7-13-8-23-10-24-13)20(31)27-17(9-34)21(32)33/h2-5,8,10-11,15-17,28,34H,6-7,9,22H2,1H3,(H,23,24)(H,25,30)(H,26,29)(H,27,31)(H,32,33). The topological polar surface area (TPSA) is 200 Å². The fraction of sp³-hybridized carbons (Fsp3) is 0.381. The molecule has 0 spiro atoms. The minimum atomic E-state index is -1.27. The molecule has 4 atom stereocenters. The van der Waals surface area contributed by atoms with E-state index in [2.05, 4.69) is 38.5 Å². The fourth-order valence-corrected chi connectivity index (χ4v) is 3.19. The zero-order valence-electron chi connectivity index (χ0n) is 18.4. The molecule has 0 aliphatic rings. The predicted molar refractivity (Wildman–Crippen MR) is 125 cm³/mol. The van der Waals surface area contributed by atoms with Gasteiger partial charge in [-0.05, 0) is 31.0 Å². The molecule has 1 aromatic carbocycles. The minimum Gasteiger partial charge on any atom is -0.508 e. The molecule has 0 fully saturated rings. The second kappa shape index (κ2) is 12.6. The largest absolute Gasteiger partial charge is 0.508 e. The van der Waals surface area contributed by atoms with E-state index in [0.29, 0.717) is 5.69 Å². The van der Waals surface area contributed by atoms with Crippen LogP contribution in [0.3, 0.4) is 0 Å². The highest BCUT2D eigenvalue weighted by molar-refractivity contribution is 7.80. The SMILES string of the molecule is CC(NC(=O)C(N)Cc1ccc(O)cc1)C(=O)NC(Cc1cnc[nH]1)C(=O)NC(CS)C(=O)O. The summed E-state index contributed by atoms with van der Waals surface area (Å²) in [5, 5.41) is 25.9. The Hall–Kier alpha value is -3.58. The van der Waals surface area contributed by atoms with Crippen LogP contribution in [0, 0.1) is 0 Å². The summed E-state index contributed by atoms with van der Waals surface area (Å²) in [5.41, 5.74) is 7.19. The van der Waals surface area contributed by atoms with Crippen LogP contribution in [0.4, 0.5) is 0 Å². The number of carboxylic acid groups (broad SMARTS) is 1. The van der Waals surface area contributed by atoms with E-state index in [0.717, 1.165) is 5.56 Å². The number of nitrogens with one attached hydrogen (secondary N) is 4. The molecule has 34 heavy (non-hydrogen) atoms. The van der Waals surface area contributed by atoms with Crippen molar-refractivity contribution in [2.75, 3.05) is 5.75 Å². The highest BCUT2D eigenvalue weighted by Crippen LogP contribution is 2.11. The van der Waals surface area contributed by atoms with Gasteiger partial charge in [-0.1, -0.05) is 12.1 Å². The number of aromatic hydroxyl groups is 1. The number of phenols is 1. The van der Waals surface area contributed by atoms with Gasteiger partial charge in [-0.25, -0.2) is 9.78 Å². The summed E-state index contributed by atoms with van der Waals surface area (Å²) >= 11 is 3.92. The van der Waals surface area contributed by atoms with E-state index < -0.39 is 47.9 Å². The number of carbonyl (C=O) groups excluding carboxylic acids is 3. The monoisotopic (exact) mass is 492 g/mol. The summed E-state index contributed by atoms with van der Waals surface area (Å²) in [5.74, 6) is -3.29. The van der Waals surface area contributed by atoms with Crippen molar-refractivity contribution in [2.45, 2.75) is 43.9 Å². The van der Waals surface area contributed by atoms with Crippen LogP contribution >= 0.6 is 12.6 Å². The van der Waals surface area contributed by atoms with Gasteiger partial charge in [0.15, 0.2) is 0 Å². The lowest BCUT2D eigenvalue weighted by Crippen LogP contribution is -2.57. The lowest BCUT2D eigenvalue weighted by Gasteiger charge is -2.23. The van der Waals surface area contributed by atoms with E-state index in [1.165, 1.54) is 31.6 Å². The van der Waals surface area contributed by atoms with Crippen LogP contribution in [0.25, 0.3) is 0 Å². The average molecular weight is 493 g/mol. The van der Waals surface area contributed by atoms with Crippen LogP contribution in [0.15, 0.2) is 36.8 Å². The van der Waals surface area contributed by atoms with Crippen molar-refractivity contribution in [3.05, 3.63) is 48.0 Å². The molecule has 0 aliphatic carbocycles. The van der Waals surface area contributed by atoms with Crippen molar-refractivity contribution in [3.8, 4) is 5.75 Å². The van der Waals surface area contributed by atoms with E-state index in [-0.39, 0.29) is 24.3 Å². The van der Waals surface area contributed by atoms with Gasteiger partial charge in [-0.15, -0.1) is 0 Å². The normalized spacial score (nSPS) is 14.3. The maximum absolute atomic E-state index is 12.7. The van der Waals surface area contributed by atoms with E-state index in [9.17, 15) is 24.3 Å². The lowest BCUT2D eigenvalue weighted by molar-refractivity contribution is -0.141. The zero-order chi connectivity index (χ0) is 25.3. The summed E-state index contributed by atoms with van der Waals surface area (Å²) < 4.78 is 0. The van der Waals surface area contributed by atoms with Gasteiger partial charge in [0.25, 0.3) is 0 Å². The number of hydrogen-bond acceptors (Lipinski definition) is 8. The van der Waals surface area contributed by atoms with Crippen LogP contribution in [-0.4, -0.2) is 73.8 Å². The van der Waals surface area contributed by atoms with Crippen LogP contribution in [0.1, 0.15) is 18.2 Å². The van der Waals surface area contributed by atoms with E-state index in [1.54, 1.807) is 12.1 Å². The number of H-pyrrole nitrogens is 1. The highest BCUT2D eigenvalue weighted by Gasteiger charge is 2.29. The van der Waals surface area contributed by atoms with E-state index in [4.69, 9.17) is 10.8 Å². The van der Waals surface area contributed by atoms with Crippen molar-refractivity contribution >= 4 is 36.3 Å². The van der Waals surface area contributed by atoms with Crippen LogP contribution < -0.4 is 21.7 Å². The van der Waals surface area contributed by atoms with Gasteiger partial charge in [-0.2, -0.15) is 12.6 Å². The molecule has 4 unspecified atom stereocenters. The third-order valence-corrected chi connectivity index (χ3v) is 5.25. The Kier molecular flexibility index (Phi) is 9.89. The number of phenolic OH excluding ortho intramolecular Hbond substituents is 1. The number of aromatic nitrogens is 2. The fourth-order valence-electron chi connectivity index (χ4n) is 2.94. The number of nitrogens with zero attached hydrogens (tertiary/aromatic N) is 1. The molecule has 2 rings (SSSR count). The summed E-state index contributed by atoms with van der Waals surface area (Å²) in [4.78, 5) is 55.7. The molecule has 0 saturated carbocycles. The number of carbonyl (C=O) groups is 4. The molecule has 12 nitrogen and oxygen atoms in total. The van der Waals surface area contributed by atoms with Gasteiger partial charge in [0.2, 0.25) is 17.7 Å². The van der Waals surface area contributed by atoms with Crippen molar-refractivity contribution in [2.24, 2.45) is 5.73 Å². The van der Waals surface area contributed by atoms with E-state index in [1.807, 2.05) is 0 Å². The molecule has 1 heterocycles. The molecular formula is C21H28N6O6S. The van der Waals surface area contributed by atoms with Crippen LogP contribution in [0.5, 0.6) is 5.75 Å². The molecular weight excluding hydrogens is 464 g/mol. The Bertz CT molecular complexity index is 984. The summed E-state index contributed by atoms with van der Waals surface area (Å²) in [6.45, 7) is 1.43. The van der Waals surface area contributed by atoms with Gasteiger partial charge in [0, 0.05) is 24.1 Å². The minimum absolute atomic E-state index is 0.0114. The predicted octanol–water partition coefficient (Wildman–Crippen LogP) is -1.28. The Morgan fingerprint density at radius 3 is 2.24 bits per heavy atom. The molecule has 1 aromatic heterocycles. The van der Waals surface area contributed by atoms with Crippen LogP contribution in [-0.2, 0) is 32.0 Å². The molecule has 184 valence electrons. The first-order chi connectivity index (χ1) is 16.1. The summed E-state index contributed by atoms with van der Waals surface area (Å²) in [6.07, 6.45) is 3.06. The Morgan fingerprint density at radius 1 is 1.03 bits per heavy atom. The number of aliphatic carboxylic acids is 1. The second-order valence-electron chi connectivity index (χ2n) is 7.63. The number of amides is 3. The number of benzene rings is 1. The van der Waals surface area contributed by atoms with Gasteiger partial charge >= 0.3 is 5.97 Å². The lowest BCUT2D eigenvalue weighted by atomic mass is 10.1. The molecule has 0 aliphatic heterocycles. The Morgan fingerprint density at radius 2 is 1.68 bits per heavy atom. The highest BCUT2D eigenvalue weighted by atomic mass is 32.1. The summed E-state index contributed by atoms with van der Waals surface area (Å²) in [6, 6.07) is 1.85. The quantitative estimate of drug-likeness (QED) is 0.167. The van der Waals surface area contributed by atoms with E-state index >= 15 is 0 Å². The van der Waals surface area contributed by atoms with Gasteiger partial charge in [-0.3, -0.25) is 14.4 Å². The second-order valence-corrected chi connectivity index (χ2v) is 8.00. The van der Waals surface area contributed by atoms with Crippen molar-refractivity contribution in [1.29, 1.82) is 0 Å². The number of carboxylic acids is 1. The maximum atomic E-state index is 12.7. The molecule has 13 heteroatoms. The molecule has 8 N–H and O–H groups in total. The number of aromatic amines is 1. The van der Waals surface area contributed by atoms with Crippen molar-refractivity contribution in [3.63, 3.8) is 0 Å². The van der Waals surface area contributed by atoms with Crippen molar-refractivity contribution in [1.82, 2.24) is 25.9 Å². The first-order valence-electron chi connectivity index (χ1n) is 10.4. The van der Waals surface area contributed by atoms with Gasteiger partial charge in [0.1, 0.15) is 23.9 Å². The number of imidazole rings is 1. The molecule has 2 aromatic rings. The number of rotatable bonds is 12. The molecule has 0 radical (unpaired) electrons. The zero-order valence-corrected chi connectivity index (χ0v) is 19.3. The van der Waals surface area contributed by atoms with Crippen molar-refractivity contribution < 1.29 is 29.4 Å². The summed E-state index contributed by atoms with van der Waals surface area (Å²) in [7, 11) is 0. The molecule has 0 saturated heterocycles.